The van der Waals surface area contributed by atoms with E-state index in [1.54, 1.807) is 19.9 Å². The summed E-state index contributed by atoms with van der Waals surface area (Å²) in [4.78, 5) is 24.2. The highest BCUT2D eigenvalue weighted by Crippen LogP contribution is 2.09. The van der Waals surface area contributed by atoms with Crippen molar-refractivity contribution in [3.63, 3.8) is 0 Å². The number of hydrogen-bond acceptors (Lipinski definition) is 6. The standard InChI is InChI=1S/C17H15N3O4/c1-11-8-14(24-19-11)10-23-17(22)16-15(21)9-12(2)20(18-16)13-6-4-3-5-7-13/h3-9H,10H2,1-2H3. The Morgan fingerprint density at radius 3 is 2.62 bits per heavy atom. The van der Waals surface area contributed by atoms with Crippen LogP contribution in [0.2, 0.25) is 0 Å². The molecule has 3 aromatic rings. The predicted molar refractivity (Wildman–Crippen MR) is 84.9 cm³/mol. The number of ether oxygens (including phenoxy) is 1. The average Bonchev–Trinajstić information content (AvgIpc) is 2.99. The fourth-order valence-corrected chi connectivity index (χ4v) is 2.21. The van der Waals surface area contributed by atoms with E-state index >= 15 is 0 Å². The largest absolute Gasteiger partial charge is 0.453 e. The van der Waals surface area contributed by atoms with Crippen LogP contribution in [-0.4, -0.2) is 20.9 Å². The average molecular weight is 325 g/mol. The van der Waals surface area contributed by atoms with Gasteiger partial charge in [0, 0.05) is 17.8 Å². The van der Waals surface area contributed by atoms with E-state index in [9.17, 15) is 9.59 Å². The van der Waals surface area contributed by atoms with Gasteiger partial charge in [0.25, 0.3) is 0 Å². The molecule has 7 heteroatoms. The second kappa shape index (κ2) is 6.49. The zero-order valence-electron chi connectivity index (χ0n) is 13.2. The van der Waals surface area contributed by atoms with Crippen LogP contribution in [0.25, 0.3) is 5.69 Å². The van der Waals surface area contributed by atoms with Gasteiger partial charge in [0.1, 0.15) is 0 Å². The smallest absolute Gasteiger partial charge is 0.363 e. The van der Waals surface area contributed by atoms with E-state index in [1.165, 1.54) is 10.7 Å². The maximum Gasteiger partial charge on any atom is 0.363 e. The van der Waals surface area contributed by atoms with Gasteiger partial charge < -0.3 is 9.26 Å². The van der Waals surface area contributed by atoms with Crippen molar-refractivity contribution in [2.24, 2.45) is 0 Å². The number of aryl methyl sites for hydroxylation is 2. The first-order chi connectivity index (χ1) is 11.5. The fourth-order valence-electron chi connectivity index (χ4n) is 2.21. The van der Waals surface area contributed by atoms with Gasteiger partial charge in [0.2, 0.25) is 11.1 Å². The van der Waals surface area contributed by atoms with E-state index in [2.05, 4.69) is 10.3 Å². The minimum atomic E-state index is -0.807. The van der Waals surface area contributed by atoms with Gasteiger partial charge in [0.15, 0.2) is 12.4 Å². The molecule has 0 radical (unpaired) electrons. The summed E-state index contributed by atoms with van der Waals surface area (Å²) in [5, 5.41) is 7.85. The van der Waals surface area contributed by atoms with Gasteiger partial charge in [-0.3, -0.25) is 4.79 Å². The van der Waals surface area contributed by atoms with Crippen molar-refractivity contribution in [3.8, 4) is 5.69 Å². The van der Waals surface area contributed by atoms with E-state index < -0.39 is 11.4 Å². The van der Waals surface area contributed by atoms with E-state index in [0.29, 0.717) is 17.1 Å². The van der Waals surface area contributed by atoms with Gasteiger partial charge in [-0.1, -0.05) is 23.4 Å². The highest BCUT2D eigenvalue weighted by molar-refractivity contribution is 5.86. The molecular formula is C17H15N3O4. The van der Waals surface area contributed by atoms with Crippen molar-refractivity contribution in [1.82, 2.24) is 14.9 Å². The molecule has 0 unspecified atom stereocenters. The van der Waals surface area contributed by atoms with Crippen LogP contribution in [0.5, 0.6) is 0 Å². The number of carbonyl (C=O) groups is 1. The summed E-state index contributed by atoms with van der Waals surface area (Å²) in [6.45, 7) is 3.39. The molecule has 0 fully saturated rings. The summed E-state index contributed by atoms with van der Waals surface area (Å²) in [5.74, 6) is -0.407. The molecule has 0 spiro atoms. The van der Waals surface area contributed by atoms with E-state index in [0.717, 1.165) is 5.69 Å². The second-order valence-corrected chi connectivity index (χ2v) is 5.26. The minimum absolute atomic E-state index is 0.111. The Kier molecular flexibility index (Phi) is 4.24. The van der Waals surface area contributed by atoms with Crippen molar-refractivity contribution in [3.05, 3.63) is 75.5 Å². The fraction of sp³-hybridized carbons (Fsp3) is 0.176. The lowest BCUT2D eigenvalue weighted by Gasteiger charge is -2.10. The molecule has 122 valence electrons. The summed E-state index contributed by atoms with van der Waals surface area (Å²) >= 11 is 0. The number of rotatable bonds is 4. The van der Waals surface area contributed by atoms with Gasteiger partial charge >= 0.3 is 5.97 Å². The number of hydrogen-bond donors (Lipinski definition) is 0. The maximum absolute atomic E-state index is 12.2. The van der Waals surface area contributed by atoms with Crippen molar-refractivity contribution in [2.75, 3.05) is 0 Å². The topological polar surface area (TPSA) is 87.2 Å². The van der Waals surface area contributed by atoms with Crippen molar-refractivity contribution in [2.45, 2.75) is 20.5 Å². The zero-order chi connectivity index (χ0) is 17.1. The van der Waals surface area contributed by atoms with E-state index in [1.807, 2.05) is 30.3 Å². The molecule has 0 N–H and O–H groups in total. The maximum atomic E-state index is 12.2. The molecule has 0 amide bonds. The Labute approximate surface area is 137 Å². The van der Waals surface area contributed by atoms with Crippen molar-refractivity contribution >= 4 is 5.97 Å². The summed E-state index contributed by atoms with van der Waals surface area (Å²) in [6, 6.07) is 12.2. The van der Waals surface area contributed by atoms with Gasteiger partial charge in [-0.15, -0.1) is 0 Å². The van der Waals surface area contributed by atoms with Crippen molar-refractivity contribution in [1.29, 1.82) is 0 Å². The first kappa shape index (κ1) is 15.7. The lowest BCUT2D eigenvalue weighted by Crippen LogP contribution is -2.24. The van der Waals surface area contributed by atoms with Gasteiger partial charge in [-0.05, 0) is 26.0 Å². The predicted octanol–water partition coefficient (Wildman–Crippen LogP) is 2.19. The summed E-state index contributed by atoms with van der Waals surface area (Å²) in [5.41, 5.74) is 1.28. The van der Waals surface area contributed by atoms with Gasteiger partial charge in [-0.25, -0.2) is 9.48 Å². The third-order valence-corrected chi connectivity index (χ3v) is 3.32. The minimum Gasteiger partial charge on any atom is -0.453 e. The van der Waals surface area contributed by atoms with Gasteiger partial charge in [-0.2, -0.15) is 5.10 Å². The molecule has 0 aliphatic carbocycles. The molecule has 0 saturated carbocycles. The lowest BCUT2D eigenvalue weighted by atomic mass is 10.3. The molecule has 0 bridgehead atoms. The molecule has 1 aromatic carbocycles. The molecule has 0 aliphatic heterocycles. The first-order valence-electron chi connectivity index (χ1n) is 7.30. The first-order valence-corrected chi connectivity index (χ1v) is 7.30. The number of nitrogens with zero attached hydrogens (tertiary/aromatic N) is 3. The molecule has 2 aromatic heterocycles. The Bertz CT molecular complexity index is 929. The molecule has 2 heterocycles. The molecule has 3 rings (SSSR count). The Hall–Kier alpha value is -3.22. The highest BCUT2D eigenvalue weighted by atomic mass is 16.5. The summed E-state index contributed by atoms with van der Waals surface area (Å²) in [6.07, 6.45) is 0. The number of carbonyl (C=O) groups excluding carboxylic acids is 1. The molecule has 7 nitrogen and oxygen atoms in total. The summed E-state index contributed by atoms with van der Waals surface area (Å²) in [7, 11) is 0. The van der Waals surface area contributed by atoms with Crippen LogP contribution in [0, 0.1) is 13.8 Å². The Balaban J connectivity index is 1.87. The lowest BCUT2D eigenvalue weighted by molar-refractivity contribution is 0.0426. The molecule has 0 saturated heterocycles. The van der Waals surface area contributed by atoms with Crippen LogP contribution in [0.4, 0.5) is 0 Å². The number of para-hydroxylation sites is 1. The third-order valence-electron chi connectivity index (χ3n) is 3.32. The summed E-state index contributed by atoms with van der Waals surface area (Å²) < 4.78 is 11.6. The van der Waals surface area contributed by atoms with E-state index in [4.69, 9.17) is 9.26 Å². The van der Waals surface area contributed by atoms with Crippen LogP contribution in [-0.2, 0) is 11.3 Å². The molecule has 0 aliphatic rings. The van der Waals surface area contributed by atoms with Gasteiger partial charge in [0.05, 0.1) is 11.4 Å². The number of esters is 1. The molecular weight excluding hydrogens is 310 g/mol. The van der Waals surface area contributed by atoms with Crippen LogP contribution in [0.1, 0.15) is 27.6 Å². The number of benzene rings is 1. The zero-order valence-corrected chi connectivity index (χ0v) is 13.2. The monoisotopic (exact) mass is 325 g/mol. The SMILES string of the molecule is Cc1cc(COC(=O)c2nn(-c3ccccc3)c(C)cc2=O)on1. The van der Waals surface area contributed by atoms with E-state index in [-0.39, 0.29) is 12.3 Å². The van der Waals surface area contributed by atoms with Crippen molar-refractivity contribution < 1.29 is 14.1 Å². The number of aromatic nitrogens is 3. The Morgan fingerprint density at radius 2 is 1.96 bits per heavy atom. The molecule has 24 heavy (non-hydrogen) atoms. The third kappa shape index (κ3) is 3.24. The highest BCUT2D eigenvalue weighted by Gasteiger charge is 2.17. The second-order valence-electron chi connectivity index (χ2n) is 5.26. The molecule has 0 atom stereocenters. The van der Waals surface area contributed by atoms with Crippen LogP contribution < -0.4 is 5.43 Å². The quantitative estimate of drug-likeness (QED) is 0.683. The van der Waals surface area contributed by atoms with Crippen LogP contribution in [0.15, 0.2) is 51.8 Å². The Morgan fingerprint density at radius 1 is 1.21 bits per heavy atom. The normalized spacial score (nSPS) is 10.6. The van der Waals surface area contributed by atoms with Crippen LogP contribution in [0.3, 0.4) is 0 Å². The van der Waals surface area contributed by atoms with Crippen LogP contribution >= 0.6 is 0 Å².